The van der Waals surface area contributed by atoms with Gasteiger partial charge >= 0.3 is 0 Å². The fraction of sp³-hybridized carbons (Fsp3) is 0.526. The van der Waals surface area contributed by atoms with Crippen molar-refractivity contribution in [1.29, 1.82) is 0 Å². The Kier molecular flexibility index (Phi) is 5.64. The molecule has 0 N–H and O–H groups in total. The number of hydrogen-bond acceptors (Lipinski definition) is 8. The second kappa shape index (κ2) is 8.49. The van der Waals surface area contributed by atoms with Crippen LogP contribution in [0.1, 0.15) is 5.56 Å². The number of anilines is 2. The van der Waals surface area contributed by atoms with Crippen LogP contribution in [0.2, 0.25) is 0 Å². The molecule has 8 heteroatoms. The number of aromatic nitrogens is 3. The van der Waals surface area contributed by atoms with Gasteiger partial charge in [0.05, 0.1) is 20.3 Å². The van der Waals surface area contributed by atoms with Gasteiger partial charge in [-0.05, 0) is 5.56 Å². The van der Waals surface area contributed by atoms with Gasteiger partial charge in [-0.25, -0.2) is 15.0 Å². The molecule has 0 saturated carbocycles. The molecule has 4 heterocycles. The van der Waals surface area contributed by atoms with Crippen molar-refractivity contribution in [3.63, 3.8) is 0 Å². The van der Waals surface area contributed by atoms with Crippen molar-refractivity contribution in [3.05, 3.63) is 36.3 Å². The van der Waals surface area contributed by atoms with E-state index in [1.165, 1.54) is 5.56 Å². The van der Waals surface area contributed by atoms with E-state index >= 15 is 0 Å². The van der Waals surface area contributed by atoms with Crippen LogP contribution in [0.3, 0.4) is 0 Å². The Morgan fingerprint density at radius 3 is 2.26 bits per heavy atom. The third kappa shape index (κ3) is 4.45. The van der Waals surface area contributed by atoms with Crippen LogP contribution in [0.25, 0.3) is 0 Å². The summed E-state index contributed by atoms with van der Waals surface area (Å²) in [4.78, 5) is 20.3. The van der Waals surface area contributed by atoms with E-state index in [0.717, 1.165) is 70.7 Å². The van der Waals surface area contributed by atoms with E-state index in [0.29, 0.717) is 5.88 Å². The van der Waals surface area contributed by atoms with Gasteiger partial charge in [0.25, 0.3) is 0 Å². The molecule has 2 aliphatic rings. The highest BCUT2D eigenvalue weighted by molar-refractivity contribution is 5.50. The topological polar surface area (TPSA) is 66.9 Å². The molecule has 2 aliphatic heterocycles. The lowest BCUT2D eigenvalue weighted by atomic mass is 10.2. The largest absolute Gasteiger partial charge is 0.481 e. The van der Waals surface area contributed by atoms with Gasteiger partial charge in [0.15, 0.2) is 0 Å². The normalized spacial score (nSPS) is 18.6. The monoisotopic (exact) mass is 370 g/mol. The van der Waals surface area contributed by atoms with E-state index < -0.39 is 0 Å². The highest BCUT2D eigenvalue weighted by Crippen LogP contribution is 2.20. The fourth-order valence-corrected chi connectivity index (χ4v) is 3.49. The molecule has 2 aromatic rings. The molecule has 0 amide bonds. The molecule has 2 aromatic heterocycles. The number of nitrogens with zero attached hydrogens (tertiary/aromatic N) is 6. The molecule has 0 aliphatic carbocycles. The summed E-state index contributed by atoms with van der Waals surface area (Å²) in [6.45, 7) is 8.14. The predicted molar refractivity (Wildman–Crippen MR) is 103 cm³/mol. The number of piperazine rings is 1. The van der Waals surface area contributed by atoms with Gasteiger partial charge in [0.2, 0.25) is 5.88 Å². The van der Waals surface area contributed by atoms with Gasteiger partial charge in [-0.1, -0.05) is 6.07 Å². The van der Waals surface area contributed by atoms with E-state index in [1.54, 1.807) is 13.4 Å². The van der Waals surface area contributed by atoms with Crippen molar-refractivity contribution < 1.29 is 9.47 Å². The Morgan fingerprint density at radius 2 is 1.63 bits per heavy atom. The summed E-state index contributed by atoms with van der Waals surface area (Å²) in [5.41, 5.74) is 1.21. The van der Waals surface area contributed by atoms with Crippen LogP contribution in [0.15, 0.2) is 30.7 Å². The summed E-state index contributed by atoms with van der Waals surface area (Å²) in [7, 11) is 1.64. The zero-order valence-electron chi connectivity index (χ0n) is 15.8. The van der Waals surface area contributed by atoms with Crippen molar-refractivity contribution in [3.8, 4) is 5.88 Å². The van der Waals surface area contributed by atoms with Gasteiger partial charge in [-0.15, -0.1) is 0 Å². The lowest BCUT2D eigenvalue weighted by molar-refractivity contribution is 0.122. The summed E-state index contributed by atoms with van der Waals surface area (Å²) in [6.07, 6.45) is 3.57. The SMILES string of the molecule is COc1ccc(CN2CCN(c3cc(N4CCOCC4)ncn3)CC2)cn1. The number of pyridine rings is 1. The number of methoxy groups -OCH3 is 1. The third-order valence-electron chi connectivity index (χ3n) is 5.08. The molecule has 2 fully saturated rings. The molecule has 8 nitrogen and oxygen atoms in total. The maximum Gasteiger partial charge on any atom is 0.212 e. The predicted octanol–water partition coefficient (Wildman–Crippen LogP) is 1.04. The molecule has 4 rings (SSSR count). The van der Waals surface area contributed by atoms with Gasteiger partial charge < -0.3 is 19.3 Å². The highest BCUT2D eigenvalue weighted by Gasteiger charge is 2.20. The summed E-state index contributed by atoms with van der Waals surface area (Å²) in [5, 5.41) is 0. The Bertz CT molecular complexity index is 727. The summed E-state index contributed by atoms with van der Waals surface area (Å²) >= 11 is 0. The Labute approximate surface area is 159 Å². The van der Waals surface area contributed by atoms with Gasteiger partial charge in [0, 0.05) is 64.1 Å². The standard InChI is InChI=1S/C19H26N6O2/c1-26-19-3-2-16(13-20-19)14-23-4-6-24(7-5-23)17-12-18(22-15-21-17)25-8-10-27-11-9-25/h2-3,12-13,15H,4-11,14H2,1H3. The molecule has 0 bridgehead atoms. The van der Waals surface area contributed by atoms with Crippen molar-refractivity contribution in [2.24, 2.45) is 0 Å². The van der Waals surface area contributed by atoms with Crippen LogP contribution in [0.5, 0.6) is 5.88 Å². The molecular weight excluding hydrogens is 344 g/mol. The molecule has 27 heavy (non-hydrogen) atoms. The second-order valence-electron chi connectivity index (χ2n) is 6.81. The van der Waals surface area contributed by atoms with Gasteiger partial charge in [0.1, 0.15) is 18.0 Å². The fourth-order valence-electron chi connectivity index (χ4n) is 3.49. The van der Waals surface area contributed by atoms with E-state index in [-0.39, 0.29) is 0 Å². The number of hydrogen-bond donors (Lipinski definition) is 0. The van der Waals surface area contributed by atoms with E-state index in [4.69, 9.17) is 9.47 Å². The maximum absolute atomic E-state index is 5.43. The number of morpholine rings is 1. The first kappa shape index (κ1) is 17.9. The molecule has 144 valence electrons. The van der Waals surface area contributed by atoms with Crippen LogP contribution in [-0.4, -0.2) is 79.4 Å². The Hall–Kier alpha value is -2.45. The molecule has 0 atom stereocenters. The van der Waals surface area contributed by atoms with E-state index in [9.17, 15) is 0 Å². The molecule has 0 radical (unpaired) electrons. The van der Waals surface area contributed by atoms with Gasteiger partial charge in [-0.3, -0.25) is 4.90 Å². The molecule has 0 spiro atoms. The summed E-state index contributed by atoms with van der Waals surface area (Å²) < 4.78 is 10.6. The second-order valence-corrected chi connectivity index (χ2v) is 6.81. The molecule has 2 saturated heterocycles. The lowest BCUT2D eigenvalue weighted by Gasteiger charge is -2.36. The van der Waals surface area contributed by atoms with Crippen LogP contribution >= 0.6 is 0 Å². The number of rotatable bonds is 5. The maximum atomic E-state index is 5.43. The minimum absolute atomic E-state index is 0.656. The van der Waals surface area contributed by atoms with Crippen molar-refractivity contribution in [2.45, 2.75) is 6.54 Å². The average Bonchev–Trinajstić information content (AvgIpc) is 2.75. The average molecular weight is 370 g/mol. The van der Waals surface area contributed by atoms with E-state index in [2.05, 4.69) is 41.8 Å². The summed E-state index contributed by atoms with van der Waals surface area (Å²) in [5.74, 6) is 2.66. The van der Waals surface area contributed by atoms with Crippen molar-refractivity contribution in [1.82, 2.24) is 19.9 Å². The van der Waals surface area contributed by atoms with Crippen molar-refractivity contribution >= 4 is 11.6 Å². The molecule has 0 unspecified atom stereocenters. The van der Waals surface area contributed by atoms with Crippen LogP contribution in [0, 0.1) is 0 Å². The first-order valence-electron chi connectivity index (χ1n) is 9.43. The smallest absolute Gasteiger partial charge is 0.212 e. The van der Waals surface area contributed by atoms with Crippen LogP contribution < -0.4 is 14.5 Å². The van der Waals surface area contributed by atoms with E-state index in [1.807, 2.05) is 12.3 Å². The Morgan fingerprint density at radius 1 is 0.926 bits per heavy atom. The van der Waals surface area contributed by atoms with Crippen molar-refractivity contribution in [2.75, 3.05) is 69.4 Å². The van der Waals surface area contributed by atoms with Crippen LogP contribution in [0.4, 0.5) is 11.6 Å². The molecular formula is C19H26N6O2. The Balaban J connectivity index is 1.33. The first-order valence-corrected chi connectivity index (χ1v) is 9.43. The van der Waals surface area contributed by atoms with Gasteiger partial charge in [-0.2, -0.15) is 0 Å². The number of ether oxygens (including phenoxy) is 2. The minimum atomic E-state index is 0.656. The minimum Gasteiger partial charge on any atom is -0.481 e. The lowest BCUT2D eigenvalue weighted by Crippen LogP contribution is -2.46. The highest BCUT2D eigenvalue weighted by atomic mass is 16.5. The first-order chi connectivity index (χ1) is 13.3. The van der Waals surface area contributed by atoms with Crippen LogP contribution in [-0.2, 0) is 11.3 Å². The zero-order chi connectivity index (χ0) is 18.5. The summed E-state index contributed by atoms with van der Waals surface area (Å²) in [6, 6.07) is 6.10. The quantitative estimate of drug-likeness (QED) is 0.773. The zero-order valence-corrected chi connectivity index (χ0v) is 15.8. The third-order valence-corrected chi connectivity index (χ3v) is 5.08. The molecule has 0 aromatic carbocycles.